The van der Waals surface area contributed by atoms with Crippen LogP contribution in [0.1, 0.15) is 26.2 Å². The van der Waals surface area contributed by atoms with Gasteiger partial charge in [-0.2, -0.15) is 0 Å². The van der Waals surface area contributed by atoms with E-state index >= 15 is 0 Å². The molecule has 5 nitrogen and oxygen atoms in total. The summed E-state index contributed by atoms with van der Waals surface area (Å²) in [5.74, 6) is -1.00. The molecule has 1 atom stereocenters. The number of carboxylic acid groups (broad SMARTS) is 1. The average molecular weight is 215 g/mol. The van der Waals surface area contributed by atoms with Crippen molar-refractivity contribution in [3.63, 3.8) is 0 Å². The third kappa shape index (κ3) is 3.20. The van der Waals surface area contributed by atoms with Gasteiger partial charge in [0.1, 0.15) is 6.04 Å². The molecule has 1 heterocycles. The number of rotatable bonds is 6. The van der Waals surface area contributed by atoms with Crippen LogP contribution in [0.2, 0.25) is 0 Å². The first-order valence-corrected chi connectivity index (χ1v) is 5.26. The fourth-order valence-electron chi connectivity index (χ4n) is 1.68. The van der Waals surface area contributed by atoms with Crippen LogP contribution in [0, 0.1) is 0 Å². The Labute approximate surface area is 89.0 Å². The van der Waals surface area contributed by atoms with Crippen molar-refractivity contribution in [2.45, 2.75) is 32.2 Å². The summed E-state index contributed by atoms with van der Waals surface area (Å²) in [5.41, 5.74) is 0. The van der Waals surface area contributed by atoms with Gasteiger partial charge in [-0.1, -0.05) is 6.92 Å². The maximum Gasteiger partial charge on any atom is 0.326 e. The van der Waals surface area contributed by atoms with Crippen molar-refractivity contribution < 1.29 is 19.4 Å². The van der Waals surface area contributed by atoms with E-state index in [4.69, 9.17) is 9.84 Å². The lowest BCUT2D eigenvalue weighted by atomic mass is 10.2. The van der Waals surface area contributed by atoms with Crippen molar-refractivity contribution in [2.24, 2.45) is 0 Å². The summed E-state index contributed by atoms with van der Waals surface area (Å²) in [6, 6.07) is -0.650. The van der Waals surface area contributed by atoms with E-state index in [0.717, 1.165) is 6.42 Å². The number of hydrogen-bond donors (Lipinski definition) is 1. The van der Waals surface area contributed by atoms with Gasteiger partial charge in [-0.15, -0.1) is 0 Å². The van der Waals surface area contributed by atoms with E-state index in [1.807, 2.05) is 6.92 Å². The highest BCUT2D eigenvalue weighted by Crippen LogP contribution is 2.18. The Hall–Kier alpha value is -1.10. The second-order valence-electron chi connectivity index (χ2n) is 3.59. The van der Waals surface area contributed by atoms with Crippen LogP contribution in [0.15, 0.2) is 0 Å². The lowest BCUT2D eigenvalue weighted by Gasteiger charge is -2.21. The molecule has 0 spiro atoms. The Kier molecular flexibility index (Phi) is 4.55. The number of ether oxygens (including phenoxy) is 1. The summed E-state index contributed by atoms with van der Waals surface area (Å²) in [7, 11) is 0. The zero-order valence-corrected chi connectivity index (χ0v) is 8.94. The quantitative estimate of drug-likeness (QED) is 0.655. The van der Waals surface area contributed by atoms with Gasteiger partial charge in [-0.3, -0.25) is 4.79 Å². The third-order valence-corrected chi connectivity index (χ3v) is 2.44. The van der Waals surface area contributed by atoms with Gasteiger partial charge < -0.3 is 14.7 Å². The molecule has 1 aliphatic rings. The van der Waals surface area contributed by atoms with Crippen molar-refractivity contribution in [1.82, 2.24) is 4.90 Å². The molecule has 0 aromatic heterocycles. The van der Waals surface area contributed by atoms with Crippen LogP contribution in [0.25, 0.3) is 0 Å². The van der Waals surface area contributed by atoms with E-state index in [0.29, 0.717) is 32.6 Å². The molecule has 0 saturated carbocycles. The van der Waals surface area contributed by atoms with E-state index in [1.165, 1.54) is 4.90 Å². The summed E-state index contributed by atoms with van der Waals surface area (Å²) < 4.78 is 5.23. The maximum atomic E-state index is 11.4. The molecule has 5 heteroatoms. The topological polar surface area (TPSA) is 66.8 Å². The molecular weight excluding hydrogens is 198 g/mol. The molecule has 1 unspecified atom stereocenters. The van der Waals surface area contributed by atoms with Crippen LogP contribution < -0.4 is 0 Å². The Balaban J connectivity index is 2.36. The monoisotopic (exact) mass is 215 g/mol. The summed E-state index contributed by atoms with van der Waals surface area (Å²) in [6.07, 6.45) is 1.68. The first-order chi connectivity index (χ1) is 7.16. The van der Waals surface area contributed by atoms with Crippen molar-refractivity contribution in [3.8, 4) is 0 Å². The molecule has 1 N–H and O–H groups in total. The highest BCUT2D eigenvalue weighted by Gasteiger charge is 2.35. The van der Waals surface area contributed by atoms with Crippen LogP contribution in [0.4, 0.5) is 0 Å². The molecule has 0 aromatic carbocycles. The minimum absolute atomic E-state index is 0.0810. The highest BCUT2D eigenvalue weighted by atomic mass is 16.5. The zero-order valence-electron chi connectivity index (χ0n) is 8.94. The lowest BCUT2D eigenvalue weighted by molar-refractivity contribution is -0.146. The molecule has 1 rings (SSSR count). The standard InChI is InChI=1S/C10H17NO4/c1-2-6-15-7-5-11-8(10(13)14)3-4-9(11)12/h8H,2-7H2,1H3,(H,13,14). The molecule has 0 aromatic rings. The number of carbonyl (C=O) groups excluding carboxylic acids is 1. The predicted octanol–water partition coefficient (Wildman–Crippen LogP) is 0.489. The molecule has 1 saturated heterocycles. The summed E-state index contributed by atoms with van der Waals surface area (Å²) in [6.45, 7) is 3.46. The molecule has 1 fully saturated rings. The fourth-order valence-corrected chi connectivity index (χ4v) is 1.68. The Morgan fingerprint density at radius 2 is 2.33 bits per heavy atom. The SMILES string of the molecule is CCCOCCN1C(=O)CCC1C(=O)O. The highest BCUT2D eigenvalue weighted by molar-refractivity contribution is 5.87. The lowest BCUT2D eigenvalue weighted by Crippen LogP contribution is -2.40. The second kappa shape index (κ2) is 5.70. The van der Waals surface area contributed by atoms with Crippen LogP contribution in [-0.4, -0.2) is 47.7 Å². The molecule has 0 radical (unpaired) electrons. The normalized spacial score (nSPS) is 21.0. The van der Waals surface area contributed by atoms with E-state index in [9.17, 15) is 9.59 Å². The van der Waals surface area contributed by atoms with Crippen molar-refractivity contribution in [3.05, 3.63) is 0 Å². The van der Waals surface area contributed by atoms with E-state index < -0.39 is 12.0 Å². The maximum absolute atomic E-state index is 11.4. The Morgan fingerprint density at radius 3 is 2.93 bits per heavy atom. The first kappa shape index (κ1) is 12.0. The van der Waals surface area contributed by atoms with E-state index in [1.54, 1.807) is 0 Å². The molecule has 0 aliphatic carbocycles. The van der Waals surface area contributed by atoms with Crippen molar-refractivity contribution in [1.29, 1.82) is 0 Å². The number of carbonyl (C=O) groups is 2. The van der Waals surface area contributed by atoms with Gasteiger partial charge in [0.15, 0.2) is 0 Å². The van der Waals surface area contributed by atoms with Crippen LogP contribution in [0.5, 0.6) is 0 Å². The smallest absolute Gasteiger partial charge is 0.326 e. The summed E-state index contributed by atoms with van der Waals surface area (Å²) in [5, 5.41) is 8.87. The minimum atomic E-state index is -0.920. The summed E-state index contributed by atoms with van der Waals surface area (Å²) in [4.78, 5) is 23.6. The van der Waals surface area contributed by atoms with Gasteiger partial charge in [0.25, 0.3) is 0 Å². The zero-order chi connectivity index (χ0) is 11.3. The number of nitrogens with zero attached hydrogens (tertiary/aromatic N) is 1. The molecule has 86 valence electrons. The van der Waals surface area contributed by atoms with Gasteiger partial charge in [0.05, 0.1) is 6.61 Å². The van der Waals surface area contributed by atoms with Crippen molar-refractivity contribution >= 4 is 11.9 Å². The molecule has 15 heavy (non-hydrogen) atoms. The number of likely N-dealkylation sites (tertiary alicyclic amines) is 1. The number of hydrogen-bond acceptors (Lipinski definition) is 3. The van der Waals surface area contributed by atoms with Gasteiger partial charge in [0, 0.05) is 19.6 Å². The number of carboxylic acids is 1. The second-order valence-corrected chi connectivity index (χ2v) is 3.59. The largest absolute Gasteiger partial charge is 0.480 e. The van der Waals surface area contributed by atoms with Gasteiger partial charge in [-0.25, -0.2) is 4.79 Å². The van der Waals surface area contributed by atoms with Crippen LogP contribution in [-0.2, 0) is 14.3 Å². The number of aliphatic carboxylic acids is 1. The molecular formula is C10H17NO4. The molecule has 1 aliphatic heterocycles. The summed E-state index contributed by atoms with van der Waals surface area (Å²) >= 11 is 0. The molecule has 0 bridgehead atoms. The Bertz CT molecular complexity index is 242. The average Bonchev–Trinajstić information content (AvgIpc) is 2.55. The van der Waals surface area contributed by atoms with Gasteiger partial charge in [0.2, 0.25) is 5.91 Å². The van der Waals surface area contributed by atoms with E-state index in [-0.39, 0.29) is 5.91 Å². The third-order valence-electron chi connectivity index (χ3n) is 2.44. The number of amides is 1. The first-order valence-electron chi connectivity index (χ1n) is 5.26. The van der Waals surface area contributed by atoms with Gasteiger partial charge >= 0.3 is 5.97 Å². The fraction of sp³-hybridized carbons (Fsp3) is 0.800. The minimum Gasteiger partial charge on any atom is -0.480 e. The van der Waals surface area contributed by atoms with Crippen molar-refractivity contribution in [2.75, 3.05) is 19.8 Å². The van der Waals surface area contributed by atoms with E-state index in [2.05, 4.69) is 0 Å². The van der Waals surface area contributed by atoms with Crippen LogP contribution >= 0.6 is 0 Å². The van der Waals surface area contributed by atoms with Crippen LogP contribution in [0.3, 0.4) is 0 Å². The Morgan fingerprint density at radius 1 is 1.60 bits per heavy atom. The van der Waals surface area contributed by atoms with Gasteiger partial charge in [-0.05, 0) is 12.8 Å². The predicted molar refractivity (Wildman–Crippen MR) is 53.5 cm³/mol. The molecule has 1 amide bonds.